The largest absolute Gasteiger partial charge is 0.343 e. The maximum absolute atomic E-state index is 11.4. The third-order valence-electron chi connectivity index (χ3n) is 3.92. The van der Waals surface area contributed by atoms with Crippen LogP contribution in [0, 0.1) is 6.92 Å². The van der Waals surface area contributed by atoms with Gasteiger partial charge < -0.3 is 4.90 Å². The van der Waals surface area contributed by atoms with Crippen LogP contribution in [0.4, 0.5) is 0 Å². The van der Waals surface area contributed by atoms with E-state index in [0.29, 0.717) is 5.92 Å². The molecule has 6 heteroatoms. The summed E-state index contributed by atoms with van der Waals surface area (Å²) in [6.07, 6.45) is 5.32. The topological polar surface area (TPSA) is 59.0 Å². The molecule has 1 aliphatic heterocycles. The van der Waals surface area contributed by atoms with E-state index >= 15 is 0 Å². The van der Waals surface area contributed by atoms with Crippen LogP contribution in [0.5, 0.6) is 0 Å². The summed E-state index contributed by atoms with van der Waals surface area (Å²) in [5, 5.41) is 1.17. The summed E-state index contributed by atoms with van der Waals surface area (Å²) in [5.41, 5.74) is 1.97. The van der Waals surface area contributed by atoms with Gasteiger partial charge in [-0.3, -0.25) is 4.79 Å². The highest BCUT2D eigenvalue weighted by molar-refractivity contribution is 7.15. The molecule has 21 heavy (non-hydrogen) atoms. The van der Waals surface area contributed by atoms with Crippen molar-refractivity contribution in [3.63, 3.8) is 0 Å². The number of aryl methyl sites for hydroxylation is 1. The zero-order valence-electron chi connectivity index (χ0n) is 12.2. The van der Waals surface area contributed by atoms with Crippen LogP contribution in [-0.2, 0) is 4.79 Å². The first-order valence-electron chi connectivity index (χ1n) is 7.14. The lowest BCUT2D eigenvalue weighted by Crippen LogP contribution is -2.36. The number of rotatable bonds is 2. The van der Waals surface area contributed by atoms with Crippen molar-refractivity contribution in [2.75, 3.05) is 13.1 Å². The summed E-state index contributed by atoms with van der Waals surface area (Å²) in [6, 6.07) is 1.92. The van der Waals surface area contributed by atoms with Gasteiger partial charge in [-0.05, 0) is 25.8 Å². The number of thiazole rings is 1. The van der Waals surface area contributed by atoms with Gasteiger partial charge in [0.2, 0.25) is 5.91 Å². The lowest BCUT2D eigenvalue weighted by Gasteiger charge is -2.30. The average molecular weight is 302 g/mol. The lowest BCUT2D eigenvalue weighted by molar-refractivity contribution is -0.129. The maximum atomic E-state index is 11.4. The Labute approximate surface area is 128 Å². The van der Waals surface area contributed by atoms with Gasteiger partial charge in [-0.15, -0.1) is 11.3 Å². The first-order valence-corrected chi connectivity index (χ1v) is 7.96. The summed E-state index contributed by atoms with van der Waals surface area (Å²) in [4.78, 5) is 27.4. The summed E-state index contributed by atoms with van der Waals surface area (Å²) >= 11 is 1.72. The third-order valence-corrected chi connectivity index (χ3v) is 5.26. The van der Waals surface area contributed by atoms with Gasteiger partial charge in [-0.25, -0.2) is 15.0 Å². The van der Waals surface area contributed by atoms with Crippen LogP contribution in [0.1, 0.15) is 36.4 Å². The molecule has 0 saturated carbocycles. The Morgan fingerprint density at radius 1 is 1.38 bits per heavy atom. The predicted octanol–water partition coefficient (Wildman–Crippen LogP) is 2.63. The van der Waals surface area contributed by atoms with Gasteiger partial charge in [-0.1, -0.05) is 0 Å². The van der Waals surface area contributed by atoms with E-state index in [1.165, 1.54) is 5.01 Å². The predicted molar refractivity (Wildman–Crippen MR) is 82.1 cm³/mol. The summed E-state index contributed by atoms with van der Waals surface area (Å²) < 4.78 is 0. The van der Waals surface area contributed by atoms with E-state index in [9.17, 15) is 4.79 Å². The van der Waals surface area contributed by atoms with Crippen molar-refractivity contribution < 1.29 is 4.79 Å². The zero-order chi connectivity index (χ0) is 14.8. The minimum Gasteiger partial charge on any atom is -0.343 e. The quantitative estimate of drug-likeness (QED) is 0.855. The Morgan fingerprint density at radius 3 is 2.76 bits per heavy atom. The highest BCUT2D eigenvalue weighted by Crippen LogP contribution is 2.36. The second-order valence-electron chi connectivity index (χ2n) is 5.34. The van der Waals surface area contributed by atoms with E-state index in [-0.39, 0.29) is 5.91 Å². The van der Waals surface area contributed by atoms with Gasteiger partial charge in [-0.2, -0.15) is 0 Å². The SMILES string of the molecule is CC(=O)N1CCC(c2nc(C)c(-c3ccncn3)s2)CC1. The van der Waals surface area contributed by atoms with E-state index in [0.717, 1.165) is 42.2 Å². The molecule has 2 aromatic heterocycles. The van der Waals surface area contributed by atoms with E-state index in [2.05, 4.69) is 9.97 Å². The summed E-state index contributed by atoms with van der Waals surface area (Å²) in [7, 11) is 0. The molecule has 0 N–H and O–H groups in total. The van der Waals surface area contributed by atoms with Crippen LogP contribution < -0.4 is 0 Å². The monoisotopic (exact) mass is 302 g/mol. The third kappa shape index (κ3) is 2.95. The molecule has 1 saturated heterocycles. The molecule has 2 aromatic rings. The standard InChI is InChI=1S/C15H18N4OS/c1-10-14(13-3-6-16-9-17-13)21-15(18-10)12-4-7-19(8-5-12)11(2)20/h3,6,9,12H,4-5,7-8H2,1-2H3. The number of hydrogen-bond donors (Lipinski definition) is 0. The number of aromatic nitrogens is 3. The van der Waals surface area contributed by atoms with Gasteiger partial charge in [0.25, 0.3) is 0 Å². The molecule has 1 aliphatic rings. The minimum atomic E-state index is 0.172. The molecule has 3 heterocycles. The fourth-order valence-corrected chi connectivity index (χ4v) is 3.91. The second-order valence-corrected chi connectivity index (χ2v) is 6.37. The van der Waals surface area contributed by atoms with Crippen LogP contribution in [0.15, 0.2) is 18.6 Å². The Balaban J connectivity index is 1.78. The van der Waals surface area contributed by atoms with Gasteiger partial charge in [0.15, 0.2) is 0 Å². The molecule has 3 rings (SSSR count). The number of nitrogens with zero attached hydrogens (tertiary/aromatic N) is 4. The van der Waals surface area contributed by atoms with E-state index in [1.54, 1.807) is 30.8 Å². The molecular weight excluding hydrogens is 284 g/mol. The van der Waals surface area contributed by atoms with Crippen molar-refractivity contribution in [2.45, 2.75) is 32.6 Å². The summed E-state index contributed by atoms with van der Waals surface area (Å²) in [5.74, 6) is 0.630. The highest BCUT2D eigenvalue weighted by Gasteiger charge is 2.25. The number of hydrogen-bond acceptors (Lipinski definition) is 5. The second kappa shape index (κ2) is 5.89. The first-order chi connectivity index (χ1) is 10.1. The van der Waals surface area contributed by atoms with Crippen molar-refractivity contribution in [3.8, 4) is 10.6 Å². The van der Waals surface area contributed by atoms with Crippen molar-refractivity contribution in [2.24, 2.45) is 0 Å². The molecule has 1 amide bonds. The maximum Gasteiger partial charge on any atom is 0.219 e. The van der Waals surface area contributed by atoms with Gasteiger partial charge in [0.1, 0.15) is 6.33 Å². The van der Waals surface area contributed by atoms with E-state index < -0.39 is 0 Å². The Bertz CT molecular complexity index is 632. The molecule has 0 spiro atoms. The van der Waals surface area contributed by atoms with Gasteiger partial charge in [0, 0.05) is 32.1 Å². The van der Waals surface area contributed by atoms with E-state index in [1.807, 2.05) is 17.9 Å². The lowest BCUT2D eigenvalue weighted by atomic mass is 9.97. The molecular formula is C15H18N4OS. The van der Waals surface area contributed by atoms with Crippen LogP contribution in [0.2, 0.25) is 0 Å². The molecule has 1 fully saturated rings. The van der Waals surface area contributed by atoms with Crippen molar-refractivity contribution in [1.29, 1.82) is 0 Å². The molecule has 0 aromatic carbocycles. The van der Waals surface area contributed by atoms with Crippen LogP contribution in [0.25, 0.3) is 10.6 Å². The molecule has 0 unspecified atom stereocenters. The number of carbonyl (C=O) groups is 1. The minimum absolute atomic E-state index is 0.172. The molecule has 0 atom stereocenters. The van der Waals surface area contributed by atoms with Crippen molar-refractivity contribution in [3.05, 3.63) is 29.3 Å². The fourth-order valence-electron chi connectivity index (χ4n) is 2.70. The molecule has 5 nitrogen and oxygen atoms in total. The van der Waals surface area contributed by atoms with Crippen LogP contribution in [0.3, 0.4) is 0 Å². The molecule has 0 bridgehead atoms. The van der Waals surface area contributed by atoms with Crippen molar-refractivity contribution >= 4 is 17.2 Å². The fraction of sp³-hybridized carbons (Fsp3) is 0.467. The molecule has 0 aliphatic carbocycles. The Kier molecular flexibility index (Phi) is 3.96. The Hall–Kier alpha value is -1.82. The van der Waals surface area contributed by atoms with Gasteiger partial charge in [0.05, 0.1) is 21.3 Å². The Morgan fingerprint density at radius 2 is 2.14 bits per heavy atom. The molecule has 0 radical (unpaired) electrons. The number of piperidine rings is 1. The number of amides is 1. The number of likely N-dealkylation sites (tertiary alicyclic amines) is 1. The normalized spacial score (nSPS) is 16.2. The smallest absolute Gasteiger partial charge is 0.219 e. The van der Waals surface area contributed by atoms with Gasteiger partial charge >= 0.3 is 0 Å². The van der Waals surface area contributed by atoms with E-state index in [4.69, 9.17) is 4.98 Å². The summed E-state index contributed by atoms with van der Waals surface area (Å²) in [6.45, 7) is 5.34. The van der Waals surface area contributed by atoms with Crippen molar-refractivity contribution in [1.82, 2.24) is 19.9 Å². The molecule has 110 valence electrons. The first kappa shape index (κ1) is 14.1. The number of carbonyl (C=O) groups excluding carboxylic acids is 1. The van der Waals surface area contributed by atoms with Crippen LogP contribution >= 0.6 is 11.3 Å². The highest BCUT2D eigenvalue weighted by atomic mass is 32.1. The zero-order valence-corrected chi connectivity index (χ0v) is 13.1. The van der Waals surface area contributed by atoms with Crippen LogP contribution in [-0.4, -0.2) is 38.8 Å². The average Bonchev–Trinajstić information content (AvgIpc) is 2.90.